The molecule has 0 aliphatic heterocycles. The number of halogens is 3. The zero-order valence-electron chi connectivity index (χ0n) is 15.6. The van der Waals surface area contributed by atoms with Gasteiger partial charge in [-0.2, -0.15) is 13.2 Å². The third-order valence-electron chi connectivity index (χ3n) is 4.00. The molecule has 1 atom stereocenters. The quantitative estimate of drug-likeness (QED) is 0.742. The number of carbonyl (C=O) groups is 2. The Kier molecular flexibility index (Phi) is 6.66. The summed E-state index contributed by atoms with van der Waals surface area (Å²) in [5.41, 5.74) is 0.663. The molecule has 2 aromatic carbocycles. The van der Waals surface area contributed by atoms with E-state index >= 15 is 0 Å². The number of benzene rings is 2. The minimum atomic E-state index is -4.62. The Labute approximate surface area is 160 Å². The Bertz CT molecular complexity index is 865. The molecule has 0 spiro atoms. The summed E-state index contributed by atoms with van der Waals surface area (Å²) in [6.45, 7) is 4.66. The highest BCUT2D eigenvalue weighted by atomic mass is 19.4. The number of nitrogens with one attached hydrogen (secondary N) is 1. The van der Waals surface area contributed by atoms with Crippen molar-refractivity contribution in [3.8, 4) is 5.75 Å². The lowest BCUT2D eigenvalue weighted by Crippen LogP contribution is -2.32. The fraction of sp³-hybridized carbons (Fsp3) is 0.300. The molecule has 0 aromatic heterocycles. The maximum atomic E-state index is 13.0. The van der Waals surface area contributed by atoms with Gasteiger partial charge in [-0.05, 0) is 56.2 Å². The van der Waals surface area contributed by atoms with Crippen LogP contribution >= 0.6 is 0 Å². The van der Waals surface area contributed by atoms with Crippen molar-refractivity contribution in [1.29, 1.82) is 0 Å². The van der Waals surface area contributed by atoms with Crippen LogP contribution in [0.3, 0.4) is 0 Å². The van der Waals surface area contributed by atoms with Gasteiger partial charge in [-0.1, -0.05) is 18.2 Å². The number of carbonyl (C=O) groups excluding carboxylic acids is 2. The summed E-state index contributed by atoms with van der Waals surface area (Å²) < 4.78 is 49.2. The van der Waals surface area contributed by atoms with Gasteiger partial charge in [0.2, 0.25) is 0 Å². The van der Waals surface area contributed by atoms with E-state index in [0.717, 1.165) is 23.3 Å². The molecule has 1 amide bonds. The van der Waals surface area contributed by atoms with Gasteiger partial charge < -0.3 is 14.8 Å². The number of hydrogen-bond acceptors (Lipinski definition) is 4. The Hall–Kier alpha value is -3.03. The van der Waals surface area contributed by atoms with Crippen molar-refractivity contribution in [2.24, 2.45) is 0 Å². The molecule has 8 heteroatoms. The van der Waals surface area contributed by atoms with Crippen molar-refractivity contribution in [2.75, 3.05) is 11.9 Å². The molecular weight excluding hydrogens is 375 g/mol. The van der Waals surface area contributed by atoms with Crippen LogP contribution in [0.4, 0.5) is 18.9 Å². The fourth-order valence-corrected chi connectivity index (χ4v) is 2.30. The summed E-state index contributed by atoms with van der Waals surface area (Å²) in [7, 11) is 0. The van der Waals surface area contributed by atoms with Crippen molar-refractivity contribution in [1.82, 2.24) is 0 Å². The first-order valence-electron chi connectivity index (χ1n) is 8.44. The van der Waals surface area contributed by atoms with Crippen LogP contribution in [0.15, 0.2) is 42.5 Å². The number of aryl methyl sites for hydroxylation is 2. The average Bonchev–Trinajstić information content (AvgIpc) is 2.62. The lowest BCUT2D eigenvalue weighted by molar-refractivity contribution is -0.155. The number of para-hydroxylation sites is 1. The number of ether oxygens (including phenoxy) is 2. The van der Waals surface area contributed by atoms with E-state index in [-0.39, 0.29) is 0 Å². The number of alkyl halides is 3. The van der Waals surface area contributed by atoms with Crippen LogP contribution in [0.2, 0.25) is 0 Å². The summed E-state index contributed by atoms with van der Waals surface area (Å²) >= 11 is 0. The van der Waals surface area contributed by atoms with Gasteiger partial charge in [-0.15, -0.1) is 0 Å². The summed E-state index contributed by atoms with van der Waals surface area (Å²) in [5, 5.41) is 2.13. The fourth-order valence-electron chi connectivity index (χ4n) is 2.30. The van der Waals surface area contributed by atoms with Crippen LogP contribution in [-0.4, -0.2) is 24.6 Å². The van der Waals surface area contributed by atoms with Crippen molar-refractivity contribution in [2.45, 2.75) is 33.1 Å². The smallest absolute Gasteiger partial charge is 0.418 e. The number of anilines is 1. The van der Waals surface area contributed by atoms with E-state index in [1.807, 2.05) is 19.9 Å². The molecule has 0 saturated heterocycles. The van der Waals surface area contributed by atoms with E-state index in [1.54, 1.807) is 12.1 Å². The third kappa shape index (κ3) is 5.73. The lowest BCUT2D eigenvalue weighted by Gasteiger charge is -2.17. The molecule has 0 fully saturated rings. The number of rotatable bonds is 6. The van der Waals surface area contributed by atoms with E-state index in [9.17, 15) is 22.8 Å². The Morgan fingerprint density at radius 3 is 2.39 bits per heavy atom. The molecule has 150 valence electrons. The molecule has 0 bridgehead atoms. The third-order valence-corrected chi connectivity index (χ3v) is 4.00. The van der Waals surface area contributed by atoms with Crippen LogP contribution in [0.5, 0.6) is 5.75 Å². The van der Waals surface area contributed by atoms with Gasteiger partial charge in [0.15, 0.2) is 12.7 Å². The predicted molar refractivity (Wildman–Crippen MR) is 97.0 cm³/mol. The molecule has 2 aromatic rings. The standard InChI is InChI=1S/C20H20F3NO4/c1-12-8-9-15(10-13(12)2)27-11-18(25)28-14(3)19(26)24-17-7-5-4-6-16(17)20(21,22)23/h4-10,14H,11H2,1-3H3,(H,24,26)/t14-/m0/s1. The van der Waals surface area contributed by atoms with Crippen LogP contribution < -0.4 is 10.1 Å². The van der Waals surface area contributed by atoms with Gasteiger partial charge in [-0.3, -0.25) is 4.79 Å². The zero-order chi connectivity index (χ0) is 20.9. The number of amides is 1. The second-order valence-corrected chi connectivity index (χ2v) is 6.20. The molecular formula is C20H20F3NO4. The SMILES string of the molecule is Cc1ccc(OCC(=O)O[C@@H](C)C(=O)Nc2ccccc2C(F)(F)F)cc1C. The van der Waals surface area contributed by atoms with Gasteiger partial charge in [0.05, 0.1) is 11.3 Å². The highest BCUT2D eigenvalue weighted by Crippen LogP contribution is 2.34. The van der Waals surface area contributed by atoms with Crippen LogP contribution in [0, 0.1) is 13.8 Å². The molecule has 0 unspecified atom stereocenters. The summed E-state index contributed by atoms with van der Waals surface area (Å²) in [5.74, 6) is -1.22. The molecule has 0 aliphatic rings. The molecule has 0 heterocycles. The van der Waals surface area contributed by atoms with E-state index in [2.05, 4.69) is 5.32 Å². The van der Waals surface area contributed by atoms with Gasteiger partial charge in [0.25, 0.3) is 5.91 Å². The van der Waals surface area contributed by atoms with E-state index < -0.39 is 42.0 Å². The molecule has 28 heavy (non-hydrogen) atoms. The van der Waals surface area contributed by atoms with Gasteiger partial charge in [0, 0.05) is 0 Å². The zero-order valence-corrected chi connectivity index (χ0v) is 15.6. The van der Waals surface area contributed by atoms with E-state index in [0.29, 0.717) is 5.75 Å². The number of esters is 1. The Balaban J connectivity index is 1.91. The molecule has 2 rings (SSSR count). The topological polar surface area (TPSA) is 64.6 Å². The first-order chi connectivity index (χ1) is 13.1. The monoisotopic (exact) mass is 395 g/mol. The van der Waals surface area contributed by atoms with Crippen molar-refractivity contribution >= 4 is 17.6 Å². The van der Waals surface area contributed by atoms with Gasteiger partial charge in [-0.25, -0.2) is 4.79 Å². The molecule has 0 radical (unpaired) electrons. The van der Waals surface area contributed by atoms with Gasteiger partial charge in [0.1, 0.15) is 5.75 Å². The minimum Gasteiger partial charge on any atom is -0.482 e. The predicted octanol–water partition coefficient (Wildman–Crippen LogP) is 4.27. The normalized spacial score (nSPS) is 12.2. The van der Waals surface area contributed by atoms with Gasteiger partial charge >= 0.3 is 12.1 Å². The largest absolute Gasteiger partial charge is 0.482 e. The van der Waals surface area contributed by atoms with Crippen molar-refractivity contribution in [3.63, 3.8) is 0 Å². The molecule has 1 N–H and O–H groups in total. The van der Waals surface area contributed by atoms with Crippen LogP contribution in [0.1, 0.15) is 23.6 Å². The molecule has 0 aliphatic carbocycles. The second kappa shape index (κ2) is 8.77. The van der Waals surface area contributed by atoms with E-state index in [4.69, 9.17) is 9.47 Å². The number of hydrogen-bond donors (Lipinski definition) is 1. The molecule has 5 nitrogen and oxygen atoms in total. The summed E-state index contributed by atoms with van der Waals surface area (Å²) in [6.07, 6.45) is -5.92. The Morgan fingerprint density at radius 2 is 1.75 bits per heavy atom. The summed E-state index contributed by atoms with van der Waals surface area (Å²) in [4.78, 5) is 23.9. The highest BCUT2D eigenvalue weighted by Gasteiger charge is 2.34. The van der Waals surface area contributed by atoms with Crippen molar-refractivity contribution < 1.29 is 32.2 Å². The maximum absolute atomic E-state index is 13.0. The average molecular weight is 395 g/mol. The van der Waals surface area contributed by atoms with Crippen molar-refractivity contribution in [3.05, 3.63) is 59.2 Å². The first-order valence-corrected chi connectivity index (χ1v) is 8.44. The molecule has 0 saturated carbocycles. The lowest BCUT2D eigenvalue weighted by atomic mass is 10.1. The first kappa shape index (κ1) is 21.3. The highest BCUT2D eigenvalue weighted by molar-refractivity contribution is 5.95. The summed E-state index contributed by atoms with van der Waals surface area (Å²) in [6, 6.07) is 9.84. The maximum Gasteiger partial charge on any atom is 0.418 e. The second-order valence-electron chi connectivity index (χ2n) is 6.20. The van der Waals surface area contributed by atoms with Crippen LogP contribution in [0.25, 0.3) is 0 Å². The van der Waals surface area contributed by atoms with E-state index in [1.165, 1.54) is 19.1 Å². The minimum absolute atomic E-state index is 0.408. The van der Waals surface area contributed by atoms with Crippen LogP contribution in [-0.2, 0) is 20.5 Å². The Morgan fingerprint density at radius 1 is 1.07 bits per heavy atom.